The van der Waals surface area contributed by atoms with Crippen LogP contribution in [-0.2, 0) is 24.0 Å². The molecule has 0 N–H and O–H groups in total. The summed E-state index contributed by atoms with van der Waals surface area (Å²) in [5.74, 6) is -0.703. The number of amides is 4. The van der Waals surface area contributed by atoms with Crippen LogP contribution in [0.4, 0.5) is 0 Å². The van der Waals surface area contributed by atoms with Gasteiger partial charge in [0.25, 0.3) is 0 Å². The minimum atomic E-state index is -0.232. The first-order chi connectivity index (χ1) is 28.7. The van der Waals surface area contributed by atoms with Crippen molar-refractivity contribution in [3.05, 3.63) is 0 Å². The minimum absolute atomic E-state index is 0.0355. The number of Topliss-reactive ketones (excluding diaryl/α,β-unsaturated/α-hetero) is 1. The van der Waals surface area contributed by atoms with Gasteiger partial charge in [-0.15, -0.1) is 0 Å². The number of carbonyl (C=O) groups is 5. The Morgan fingerprint density at radius 1 is 0.322 bits per heavy atom. The summed E-state index contributed by atoms with van der Waals surface area (Å²) in [5.41, 5.74) is 0. The summed E-state index contributed by atoms with van der Waals surface area (Å²) in [6.07, 6.45) is 37.3. The van der Waals surface area contributed by atoms with Crippen molar-refractivity contribution in [3.63, 3.8) is 0 Å². The molecule has 0 spiro atoms. The van der Waals surface area contributed by atoms with Crippen LogP contribution in [0.25, 0.3) is 0 Å². The number of rotatable bonds is 45. The van der Waals surface area contributed by atoms with Crippen LogP contribution in [-0.4, -0.2) is 102 Å². The van der Waals surface area contributed by atoms with Crippen LogP contribution < -0.4 is 0 Å². The zero-order chi connectivity index (χ0) is 43.6. The van der Waals surface area contributed by atoms with Crippen LogP contribution in [0.2, 0.25) is 0 Å². The maximum Gasteiger partial charge on any atom is 0.242 e. The first-order valence-electron chi connectivity index (χ1n) is 25.3. The SMILES string of the molecule is CCCCCCCCCCN(C=O)CC(=O)N(CCCCCCCCCC)CC(=O)N(CCCCCCCCCC)CC(=O)N(CCCCCCCCCC)CC(C)=O. The molecule has 59 heavy (non-hydrogen) atoms. The van der Waals surface area contributed by atoms with E-state index in [-0.39, 0.29) is 49.7 Å². The molecule has 0 aromatic heterocycles. The van der Waals surface area contributed by atoms with Gasteiger partial charge in [-0.3, -0.25) is 24.0 Å². The van der Waals surface area contributed by atoms with Crippen molar-refractivity contribution in [1.82, 2.24) is 19.6 Å². The molecule has 4 amide bonds. The van der Waals surface area contributed by atoms with E-state index in [0.717, 1.165) is 83.5 Å². The fourth-order valence-electron chi connectivity index (χ4n) is 7.87. The number of unbranched alkanes of at least 4 members (excludes halogenated alkanes) is 28. The van der Waals surface area contributed by atoms with Crippen LogP contribution in [0.1, 0.15) is 240 Å². The smallest absolute Gasteiger partial charge is 0.242 e. The third-order valence-electron chi connectivity index (χ3n) is 11.8. The van der Waals surface area contributed by atoms with Gasteiger partial charge >= 0.3 is 0 Å². The predicted molar refractivity (Wildman–Crippen MR) is 248 cm³/mol. The van der Waals surface area contributed by atoms with Crippen molar-refractivity contribution in [1.29, 1.82) is 0 Å². The van der Waals surface area contributed by atoms with E-state index in [1.165, 1.54) is 135 Å². The van der Waals surface area contributed by atoms with Crippen molar-refractivity contribution >= 4 is 29.9 Å². The summed E-state index contributed by atoms with van der Waals surface area (Å²) < 4.78 is 0. The average Bonchev–Trinajstić information content (AvgIpc) is 3.22. The molecule has 0 aromatic carbocycles. The Balaban J connectivity index is 5.77. The molecule has 0 radical (unpaired) electrons. The molecule has 346 valence electrons. The highest BCUT2D eigenvalue weighted by Crippen LogP contribution is 2.14. The lowest BCUT2D eigenvalue weighted by Crippen LogP contribution is -2.50. The van der Waals surface area contributed by atoms with Gasteiger partial charge in [0.05, 0.1) is 26.2 Å². The Bertz CT molecular complexity index is 1020. The lowest BCUT2D eigenvalue weighted by Gasteiger charge is -2.30. The lowest BCUT2D eigenvalue weighted by molar-refractivity contribution is -0.145. The van der Waals surface area contributed by atoms with Crippen molar-refractivity contribution in [3.8, 4) is 0 Å². The molecule has 0 atom stereocenters. The molecular formula is C50H96N4O5. The number of hydrogen-bond acceptors (Lipinski definition) is 5. The highest BCUT2D eigenvalue weighted by atomic mass is 16.2. The third kappa shape index (κ3) is 34.9. The van der Waals surface area contributed by atoms with E-state index in [9.17, 15) is 24.0 Å². The van der Waals surface area contributed by atoms with Crippen LogP contribution in [0.3, 0.4) is 0 Å². The van der Waals surface area contributed by atoms with E-state index in [1.54, 1.807) is 19.6 Å². The molecule has 0 unspecified atom stereocenters. The molecule has 0 heterocycles. The van der Waals surface area contributed by atoms with E-state index in [0.29, 0.717) is 26.2 Å². The molecule has 0 aliphatic heterocycles. The molecule has 0 saturated carbocycles. The zero-order valence-corrected chi connectivity index (χ0v) is 39.7. The molecule has 9 nitrogen and oxygen atoms in total. The zero-order valence-electron chi connectivity index (χ0n) is 39.7. The molecule has 0 saturated heterocycles. The quantitative estimate of drug-likeness (QED) is 0.0449. The third-order valence-corrected chi connectivity index (χ3v) is 11.8. The van der Waals surface area contributed by atoms with E-state index in [1.807, 2.05) is 0 Å². The summed E-state index contributed by atoms with van der Waals surface area (Å²) in [7, 11) is 0. The summed E-state index contributed by atoms with van der Waals surface area (Å²) in [4.78, 5) is 72.9. The fraction of sp³-hybridized carbons (Fsp3) is 0.900. The van der Waals surface area contributed by atoms with Gasteiger partial charge in [-0.25, -0.2) is 0 Å². The lowest BCUT2D eigenvalue weighted by atomic mass is 10.1. The molecule has 9 heteroatoms. The fourth-order valence-corrected chi connectivity index (χ4v) is 7.87. The number of nitrogens with zero attached hydrogens (tertiary/aromatic N) is 4. The van der Waals surface area contributed by atoms with Crippen LogP contribution in [0.5, 0.6) is 0 Å². The molecular weight excluding hydrogens is 737 g/mol. The Hall–Kier alpha value is -2.45. The second kappa shape index (κ2) is 42.2. The van der Waals surface area contributed by atoms with E-state index >= 15 is 0 Å². The van der Waals surface area contributed by atoms with Gasteiger partial charge in [-0.05, 0) is 32.6 Å². The van der Waals surface area contributed by atoms with Crippen molar-refractivity contribution in [2.45, 2.75) is 240 Å². The van der Waals surface area contributed by atoms with Gasteiger partial charge in [0.1, 0.15) is 5.78 Å². The normalized spacial score (nSPS) is 11.1. The van der Waals surface area contributed by atoms with Crippen LogP contribution in [0.15, 0.2) is 0 Å². The van der Waals surface area contributed by atoms with Gasteiger partial charge in [0.2, 0.25) is 24.1 Å². The number of hydrogen-bond donors (Lipinski definition) is 0. The molecule has 0 fully saturated rings. The first-order valence-corrected chi connectivity index (χ1v) is 25.3. The summed E-state index contributed by atoms with van der Waals surface area (Å²) >= 11 is 0. The molecule has 0 aromatic rings. The molecule has 0 aliphatic rings. The monoisotopic (exact) mass is 833 g/mol. The van der Waals surface area contributed by atoms with E-state index in [2.05, 4.69) is 27.7 Å². The topological polar surface area (TPSA) is 98.3 Å². The largest absolute Gasteiger partial charge is 0.336 e. The maximum absolute atomic E-state index is 14.2. The van der Waals surface area contributed by atoms with Crippen molar-refractivity contribution < 1.29 is 24.0 Å². The van der Waals surface area contributed by atoms with Crippen LogP contribution >= 0.6 is 0 Å². The molecule has 0 rings (SSSR count). The number of carbonyl (C=O) groups excluding carboxylic acids is 5. The van der Waals surface area contributed by atoms with Crippen molar-refractivity contribution in [2.24, 2.45) is 0 Å². The van der Waals surface area contributed by atoms with Gasteiger partial charge in [-0.1, -0.05) is 207 Å². The van der Waals surface area contributed by atoms with Gasteiger partial charge in [0, 0.05) is 26.2 Å². The van der Waals surface area contributed by atoms with Gasteiger partial charge < -0.3 is 19.6 Å². The Morgan fingerprint density at radius 3 is 0.831 bits per heavy atom. The van der Waals surface area contributed by atoms with Gasteiger partial charge in [-0.2, -0.15) is 0 Å². The minimum Gasteiger partial charge on any atom is -0.336 e. The predicted octanol–water partition coefficient (Wildman–Crippen LogP) is 12.1. The summed E-state index contributed by atoms with van der Waals surface area (Å²) in [6, 6.07) is 0. The Labute approximate surface area is 364 Å². The Kier molecular flexibility index (Phi) is 40.5. The second-order valence-corrected chi connectivity index (χ2v) is 17.6. The number of ketones is 1. The highest BCUT2D eigenvalue weighted by molar-refractivity contribution is 5.90. The second-order valence-electron chi connectivity index (χ2n) is 17.6. The average molecular weight is 833 g/mol. The van der Waals surface area contributed by atoms with Crippen LogP contribution in [0, 0.1) is 0 Å². The standard InChI is InChI=1S/C50H96N4O5/c1-6-10-14-18-22-26-30-34-38-51(46-55)43-48(57)53(40-36-32-28-24-20-16-12-8-3)45-50(59)54(41-37-33-29-25-21-17-13-9-4)44-49(58)52(42-47(5)56)39-35-31-27-23-19-15-11-7-2/h46H,6-45H2,1-5H3. The van der Waals surface area contributed by atoms with Gasteiger partial charge in [0.15, 0.2) is 0 Å². The van der Waals surface area contributed by atoms with Crippen molar-refractivity contribution in [2.75, 3.05) is 52.4 Å². The maximum atomic E-state index is 14.2. The van der Waals surface area contributed by atoms with E-state index < -0.39 is 0 Å². The summed E-state index contributed by atoms with van der Waals surface area (Å²) in [5, 5.41) is 0. The summed E-state index contributed by atoms with van der Waals surface area (Å²) in [6.45, 7) is 12.2. The van der Waals surface area contributed by atoms with E-state index in [4.69, 9.17) is 0 Å². The Morgan fingerprint density at radius 2 is 0.559 bits per heavy atom. The highest BCUT2D eigenvalue weighted by Gasteiger charge is 2.26. The molecule has 0 aliphatic carbocycles. The molecule has 0 bridgehead atoms. The first kappa shape index (κ1) is 56.5.